The van der Waals surface area contributed by atoms with Crippen LogP contribution in [0.15, 0.2) is 99.7 Å². The molecule has 1 heterocycles. The molecule has 1 unspecified atom stereocenters. The van der Waals surface area contributed by atoms with Gasteiger partial charge >= 0.3 is 0 Å². The minimum absolute atomic E-state index is 0.268. The molecule has 200 valence electrons. The highest BCUT2D eigenvalue weighted by molar-refractivity contribution is 6.09. The lowest BCUT2D eigenvalue weighted by Gasteiger charge is -2.29. The number of hydroxylamine groups is 1. The third-order valence-electron chi connectivity index (χ3n) is 7.05. The van der Waals surface area contributed by atoms with E-state index in [2.05, 4.69) is 61.8 Å². The molecule has 2 aliphatic rings. The Hall–Kier alpha value is -3.64. The normalized spacial score (nSPS) is 18.6. The fourth-order valence-corrected chi connectivity index (χ4v) is 4.88. The monoisotopic (exact) mass is 512 g/mol. The Labute approximate surface area is 227 Å². The lowest BCUT2D eigenvalue weighted by atomic mass is 9.92. The number of likely N-dealkylation sites (N-methyl/N-ethyl adjacent to an activating group) is 1. The molecule has 2 N–H and O–H groups in total. The van der Waals surface area contributed by atoms with E-state index in [1.807, 2.05) is 42.3 Å². The first kappa shape index (κ1) is 27.4. The van der Waals surface area contributed by atoms with E-state index in [0.29, 0.717) is 32.1 Å². The highest BCUT2D eigenvalue weighted by Crippen LogP contribution is 2.26. The van der Waals surface area contributed by atoms with Gasteiger partial charge in [0.2, 0.25) is 5.96 Å². The van der Waals surface area contributed by atoms with Crippen molar-refractivity contribution < 1.29 is 9.94 Å². The van der Waals surface area contributed by atoms with Crippen molar-refractivity contribution in [1.29, 1.82) is 0 Å². The van der Waals surface area contributed by atoms with Crippen molar-refractivity contribution in [3.8, 4) is 5.75 Å². The topological polar surface area (TPSA) is 69.5 Å². The summed E-state index contributed by atoms with van der Waals surface area (Å²) in [6.07, 6.45) is 11.5. The second-order valence-electron chi connectivity index (χ2n) is 9.96. The first-order valence-electron chi connectivity index (χ1n) is 13.6. The minimum atomic E-state index is 0.268. The molecular formula is C32H40N4O2. The van der Waals surface area contributed by atoms with Gasteiger partial charge in [-0.25, -0.2) is 9.98 Å². The molecule has 2 aromatic carbocycles. The van der Waals surface area contributed by atoms with Gasteiger partial charge in [0.05, 0.1) is 12.3 Å². The Morgan fingerprint density at radius 3 is 2.61 bits per heavy atom. The fraction of sp³-hybridized carbons (Fsp3) is 0.375. The number of guanidine groups is 1. The van der Waals surface area contributed by atoms with E-state index in [0.717, 1.165) is 48.4 Å². The summed E-state index contributed by atoms with van der Waals surface area (Å²) < 4.78 is 5.94. The predicted molar refractivity (Wildman–Crippen MR) is 156 cm³/mol. The molecule has 0 aromatic heterocycles. The third kappa shape index (κ3) is 7.45. The maximum Gasteiger partial charge on any atom is 0.221 e. The molecule has 1 aliphatic carbocycles. The molecule has 6 heteroatoms. The smallest absolute Gasteiger partial charge is 0.221 e. The van der Waals surface area contributed by atoms with E-state index >= 15 is 0 Å². The summed E-state index contributed by atoms with van der Waals surface area (Å²) in [7, 11) is 1.99. The Balaban J connectivity index is 1.35. The molecule has 4 rings (SSSR count). The zero-order valence-electron chi connectivity index (χ0n) is 22.9. The first-order chi connectivity index (χ1) is 18.6. The lowest BCUT2D eigenvalue weighted by Crippen LogP contribution is -2.37. The van der Waals surface area contributed by atoms with Crippen molar-refractivity contribution >= 4 is 11.7 Å². The van der Waals surface area contributed by atoms with Crippen molar-refractivity contribution in [3.63, 3.8) is 0 Å². The summed E-state index contributed by atoms with van der Waals surface area (Å²) in [5, 5.41) is 9.99. The Kier molecular flexibility index (Phi) is 9.93. The average Bonchev–Trinajstić information content (AvgIpc) is 2.96. The van der Waals surface area contributed by atoms with E-state index < -0.39 is 0 Å². The van der Waals surface area contributed by atoms with Gasteiger partial charge in [0.25, 0.3) is 0 Å². The zero-order valence-corrected chi connectivity index (χ0v) is 22.9. The van der Waals surface area contributed by atoms with Gasteiger partial charge in [0.1, 0.15) is 12.4 Å². The summed E-state index contributed by atoms with van der Waals surface area (Å²) in [5.74, 6) is 1.82. The molecule has 0 saturated heterocycles. The number of nitrogens with one attached hydrogen (secondary N) is 1. The highest BCUT2D eigenvalue weighted by Gasteiger charge is 2.23. The Morgan fingerprint density at radius 1 is 1.13 bits per heavy atom. The molecule has 0 amide bonds. The van der Waals surface area contributed by atoms with Crippen LogP contribution in [0.1, 0.15) is 56.6 Å². The fourth-order valence-electron chi connectivity index (χ4n) is 4.88. The standard InChI is InChI=1S/C32H40N4O2/c1-4-30-29(31(35-37)21-24(2)27-13-9-6-10-14-27)23-36(3)32(34-30)33-19-20-38-28-17-15-26(16-18-28)22-25-11-7-5-8-12-25/h6-7,9-18,24,35,37H,4-5,8,19-23H2,1-3H3. The van der Waals surface area contributed by atoms with Gasteiger partial charge in [-0.3, -0.25) is 10.7 Å². The molecule has 1 aliphatic heterocycles. The van der Waals surface area contributed by atoms with Crippen LogP contribution in [-0.2, 0) is 6.42 Å². The second-order valence-corrected chi connectivity index (χ2v) is 9.96. The van der Waals surface area contributed by atoms with Gasteiger partial charge in [-0.2, -0.15) is 0 Å². The maximum absolute atomic E-state index is 9.99. The van der Waals surface area contributed by atoms with Crippen molar-refractivity contribution in [2.24, 2.45) is 9.98 Å². The zero-order chi connectivity index (χ0) is 26.7. The Bertz CT molecular complexity index is 1210. The SMILES string of the molecule is CCC1=NC(=NCCOc2ccc(CC3=CCCC=C3)cc2)N(C)CC1=C(CC(C)c1ccccc1)NO. The number of nitrogens with zero attached hydrogens (tertiary/aromatic N) is 3. The Morgan fingerprint density at radius 2 is 1.92 bits per heavy atom. The predicted octanol–water partition coefficient (Wildman–Crippen LogP) is 6.46. The van der Waals surface area contributed by atoms with Gasteiger partial charge in [-0.15, -0.1) is 0 Å². The van der Waals surface area contributed by atoms with Crippen LogP contribution < -0.4 is 10.2 Å². The highest BCUT2D eigenvalue weighted by atomic mass is 16.5. The van der Waals surface area contributed by atoms with Crippen molar-refractivity contribution in [1.82, 2.24) is 10.4 Å². The van der Waals surface area contributed by atoms with Gasteiger partial charge in [0, 0.05) is 24.9 Å². The van der Waals surface area contributed by atoms with E-state index in [1.165, 1.54) is 16.7 Å². The molecule has 0 radical (unpaired) electrons. The molecule has 0 bridgehead atoms. The van der Waals surface area contributed by atoms with Crippen molar-refractivity contribution in [2.75, 3.05) is 26.7 Å². The quantitative estimate of drug-likeness (QED) is 0.268. The van der Waals surface area contributed by atoms with Gasteiger partial charge in [-0.1, -0.05) is 74.5 Å². The summed E-state index contributed by atoms with van der Waals surface area (Å²) in [6.45, 7) is 5.92. The number of hydrogen-bond donors (Lipinski definition) is 2. The molecule has 0 spiro atoms. The number of aliphatic imine (C=N–C) groups is 2. The van der Waals surface area contributed by atoms with Crippen molar-refractivity contribution in [2.45, 2.75) is 51.9 Å². The van der Waals surface area contributed by atoms with E-state index in [9.17, 15) is 5.21 Å². The first-order valence-corrected chi connectivity index (χ1v) is 13.6. The maximum atomic E-state index is 9.99. The van der Waals surface area contributed by atoms with Crippen molar-refractivity contribution in [3.05, 3.63) is 101 Å². The van der Waals surface area contributed by atoms with E-state index in [4.69, 9.17) is 14.7 Å². The lowest BCUT2D eigenvalue weighted by molar-refractivity contribution is 0.193. The number of rotatable bonds is 11. The van der Waals surface area contributed by atoms with Crippen LogP contribution in [0.2, 0.25) is 0 Å². The summed E-state index contributed by atoms with van der Waals surface area (Å²) in [4.78, 5) is 11.6. The van der Waals surface area contributed by atoms with Gasteiger partial charge < -0.3 is 9.64 Å². The molecule has 6 nitrogen and oxygen atoms in total. The molecule has 0 fully saturated rings. The summed E-state index contributed by atoms with van der Waals surface area (Å²) >= 11 is 0. The van der Waals surface area contributed by atoms with Crippen LogP contribution in [0.25, 0.3) is 0 Å². The van der Waals surface area contributed by atoms with Crippen LogP contribution in [0.4, 0.5) is 0 Å². The number of benzene rings is 2. The van der Waals surface area contributed by atoms with Crippen LogP contribution in [0, 0.1) is 0 Å². The van der Waals surface area contributed by atoms with Crippen LogP contribution in [0.5, 0.6) is 5.75 Å². The second kappa shape index (κ2) is 13.8. The van der Waals surface area contributed by atoms with Crippen LogP contribution in [0.3, 0.4) is 0 Å². The van der Waals surface area contributed by atoms with Gasteiger partial charge in [0.15, 0.2) is 0 Å². The molecule has 1 atom stereocenters. The van der Waals surface area contributed by atoms with E-state index in [1.54, 1.807) is 0 Å². The molecule has 0 saturated carbocycles. The molecular weight excluding hydrogens is 472 g/mol. The molecule has 2 aromatic rings. The summed E-state index contributed by atoms with van der Waals surface area (Å²) in [5.41, 5.74) is 9.21. The van der Waals surface area contributed by atoms with E-state index in [-0.39, 0.29) is 5.92 Å². The largest absolute Gasteiger partial charge is 0.492 e. The molecule has 38 heavy (non-hydrogen) atoms. The number of hydrogen-bond acceptors (Lipinski definition) is 4. The van der Waals surface area contributed by atoms with Gasteiger partial charge in [-0.05, 0) is 66.9 Å². The number of ether oxygens (including phenoxy) is 1. The van der Waals surface area contributed by atoms with Crippen LogP contribution in [-0.4, -0.2) is 48.5 Å². The average molecular weight is 513 g/mol. The van der Waals surface area contributed by atoms with Crippen LogP contribution >= 0.6 is 0 Å². The third-order valence-corrected chi connectivity index (χ3v) is 7.05. The number of allylic oxidation sites excluding steroid dienone is 5. The summed E-state index contributed by atoms with van der Waals surface area (Å²) in [6, 6.07) is 18.7. The minimum Gasteiger partial charge on any atom is -0.492 e.